The SMILES string of the molecule is CCOC(=O)N1CCN(C(=O)C(CC(=O)OC(C)(C)C)NC(=O)c2cc(OCC(=O)N3CCCC3C(=O)O)n(-c3ccccc3)n2)CC1. The average molecular weight is 671 g/mol. The summed E-state index contributed by atoms with van der Waals surface area (Å²) in [5.74, 6) is -3.64. The van der Waals surface area contributed by atoms with Gasteiger partial charge < -0.3 is 39.3 Å². The molecular formula is C32H42N6O10. The molecule has 260 valence electrons. The lowest BCUT2D eigenvalue weighted by Crippen LogP contribution is -2.56. The number of ether oxygens (including phenoxy) is 3. The molecule has 2 aromatic rings. The lowest BCUT2D eigenvalue weighted by Gasteiger charge is -2.35. The molecule has 0 saturated carbocycles. The number of piperazine rings is 1. The second-order valence-electron chi connectivity index (χ2n) is 12.3. The molecule has 48 heavy (non-hydrogen) atoms. The van der Waals surface area contributed by atoms with Gasteiger partial charge in [-0.2, -0.15) is 5.10 Å². The molecule has 2 N–H and O–H groups in total. The summed E-state index contributed by atoms with van der Waals surface area (Å²) in [4.78, 5) is 80.9. The Hall–Kier alpha value is -5.15. The minimum absolute atomic E-state index is 0.0240. The van der Waals surface area contributed by atoms with Crippen LogP contribution in [0, 0.1) is 0 Å². The van der Waals surface area contributed by atoms with Crippen LogP contribution < -0.4 is 10.1 Å². The van der Waals surface area contributed by atoms with Gasteiger partial charge in [0, 0.05) is 38.8 Å². The number of rotatable bonds is 11. The maximum absolute atomic E-state index is 13.7. The molecule has 2 atom stereocenters. The molecule has 2 aliphatic rings. The number of aliphatic carboxylic acids is 1. The number of carbonyl (C=O) groups excluding carboxylic acids is 5. The third kappa shape index (κ3) is 9.23. The van der Waals surface area contributed by atoms with E-state index in [1.165, 1.54) is 25.4 Å². The number of likely N-dealkylation sites (tertiary alicyclic amines) is 1. The van der Waals surface area contributed by atoms with E-state index in [1.54, 1.807) is 58.0 Å². The van der Waals surface area contributed by atoms with Crippen LogP contribution in [0.2, 0.25) is 0 Å². The van der Waals surface area contributed by atoms with Crippen molar-refractivity contribution < 1.29 is 48.1 Å². The van der Waals surface area contributed by atoms with Crippen LogP contribution in [-0.2, 0) is 28.7 Å². The summed E-state index contributed by atoms with van der Waals surface area (Å²) >= 11 is 0. The fourth-order valence-electron chi connectivity index (χ4n) is 5.40. The Labute approximate surface area is 277 Å². The molecule has 0 spiro atoms. The highest BCUT2D eigenvalue weighted by molar-refractivity contribution is 5.97. The molecule has 0 radical (unpaired) electrons. The number of nitrogens with zero attached hydrogens (tertiary/aromatic N) is 5. The number of aromatic nitrogens is 2. The zero-order chi connectivity index (χ0) is 35.0. The van der Waals surface area contributed by atoms with Crippen molar-refractivity contribution >= 4 is 35.8 Å². The van der Waals surface area contributed by atoms with E-state index < -0.39 is 66.5 Å². The smallest absolute Gasteiger partial charge is 0.409 e. The maximum Gasteiger partial charge on any atom is 0.409 e. The van der Waals surface area contributed by atoms with E-state index >= 15 is 0 Å². The Morgan fingerprint density at radius 3 is 2.29 bits per heavy atom. The quantitative estimate of drug-likeness (QED) is 0.329. The van der Waals surface area contributed by atoms with Crippen LogP contribution in [0.1, 0.15) is 57.4 Å². The van der Waals surface area contributed by atoms with Gasteiger partial charge in [0.15, 0.2) is 12.3 Å². The molecular weight excluding hydrogens is 628 g/mol. The number of carboxylic acids is 1. The van der Waals surface area contributed by atoms with E-state index in [4.69, 9.17) is 14.2 Å². The Morgan fingerprint density at radius 1 is 1.00 bits per heavy atom. The van der Waals surface area contributed by atoms with Gasteiger partial charge in [-0.15, -0.1) is 0 Å². The Morgan fingerprint density at radius 2 is 1.67 bits per heavy atom. The van der Waals surface area contributed by atoms with Crippen LogP contribution in [-0.4, -0.2) is 129 Å². The fraction of sp³-hybridized carbons (Fsp3) is 0.531. The van der Waals surface area contributed by atoms with Crippen molar-refractivity contribution in [1.82, 2.24) is 29.8 Å². The number of carbonyl (C=O) groups is 6. The zero-order valence-electron chi connectivity index (χ0n) is 27.5. The maximum atomic E-state index is 13.7. The van der Waals surface area contributed by atoms with E-state index in [1.807, 2.05) is 0 Å². The normalized spacial score (nSPS) is 17.0. The second-order valence-corrected chi connectivity index (χ2v) is 12.3. The van der Waals surface area contributed by atoms with Crippen LogP contribution >= 0.6 is 0 Å². The van der Waals surface area contributed by atoms with E-state index in [0.29, 0.717) is 18.5 Å². The number of benzene rings is 1. The molecule has 0 aliphatic carbocycles. The Balaban J connectivity index is 1.53. The van der Waals surface area contributed by atoms with Crippen LogP contribution in [0.3, 0.4) is 0 Å². The monoisotopic (exact) mass is 670 g/mol. The molecule has 1 aromatic carbocycles. The summed E-state index contributed by atoms with van der Waals surface area (Å²) in [5.41, 5.74) is -0.498. The standard InChI is InChI=1S/C32H42N6O10/c1-5-46-31(45)36-16-14-35(15-17-36)29(42)23(19-27(40)48-32(2,3)4)33-28(41)22-18-26(38(34-22)21-10-7-6-8-11-21)47-20-25(39)37-13-9-12-24(37)30(43)44/h6-8,10-11,18,23-24H,5,9,12-17,19-20H2,1-4H3,(H,33,41)(H,43,44). The number of esters is 1. The van der Waals surface area contributed by atoms with Crippen LogP contribution in [0.15, 0.2) is 36.4 Å². The van der Waals surface area contributed by atoms with Crippen molar-refractivity contribution in [3.63, 3.8) is 0 Å². The van der Waals surface area contributed by atoms with Gasteiger partial charge in [-0.25, -0.2) is 14.3 Å². The topological polar surface area (TPSA) is 190 Å². The average Bonchev–Trinajstić information content (AvgIpc) is 3.71. The highest BCUT2D eigenvalue weighted by atomic mass is 16.6. The first-order valence-corrected chi connectivity index (χ1v) is 15.8. The molecule has 3 heterocycles. The molecule has 2 saturated heterocycles. The first-order chi connectivity index (χ1) is 22.8. The summed E-state index contributed by atoms with van der Waals surface area (Å²) in [6.45, 7) is 7.50. The van der Waals surface area contributed by atoms with Gasteiger partial charge in [0.2, 0.25) is 11.8 Å². The highest BCUT2D eigenvalue weighted by Crippen LogP contribution is 2.22. The first kappa shape index (κ1) is 35.7. The van der Waals surface area contributed by atoms with Gasteiger partial charge in [0.1, 0.15) is 17.7 Å². The highest BCUT2D eigenvalue weighted by Gasteiger charge is 2.36. The van der Waals surface area contributed by atoms with Crippen LogP contribution in [0.5, 0.6) is 5.88 Å². The van der Waals surface area contributed by atoms with E-state index in [9.17, 15) is 33.9 Å². The predicted molar refractivity (Wildman–Crippen MR) is 168 cm³/mol. The minimum atomic E-state index is -1.32. The molecule has 0 bridgehead atoms. The van der Waals surface area contributed by atoms with Gasteiger partial charge in [0.25, 0.3) is 11.8 Å². The molecule has 4 rings (SSSR count). The van der Waals surface area contributed by atoms with E-state index in [2.05, 4.69) is 10.4 Å². The number of nitrogens with one attached hydrogen (secondary N) is 1. The zero-order valence-corrected chi connectivity index (χ0v) is 27.5. The summed E-state index contributed by atoms with van der Waals surface area (Å²) in [6, 6.07) is 7.70. The minimum Gasteiger partial charge on any atom is -0.480 e. The van der Waals surface area contributed by atoms with Crippen LogP contribution in [0.4, 0.5) is 4.79 Å². The van der Waals surface area contributed by atoms with E-state index in [0.717, 1.165) is 0 Å². The van der Waals surface area contributed by atoms with Crippen molar-refractivity contribution in [2.24, 2.45) is 0 Å². The van der Waals surface area contributed by atoms with Crippen molar-refractivity contribution in [1.29, 1.82) is 0 Å². The van der Waals surface area contributed by atoms with Gasteiger partial charge in [0.05, 0.1) is 18.7 Å². The number of amides is 4. The van der Waals surface area contributed by atoms with Crippen molar-refractivity contribution in [3.8, 4) is 11.6 Å². The second kappa shape index (κ2) is 15.6. The molecule has 2 unspecified atom stereocenters. The number of hydrogen-bond acceptors (Lipinski definition) is 10. The summed E-state index contributed by atoms with van der Waals surface area (Å²) in [5, 5.41) is 16.4. The summed E-state index contributed by atoms with van der Waals surface area (Å²) in [6.07, 6.45) is -0.0479. The van der Waals surface area contributed by atoms with Crippen LogP contribution in [0.25, 0.3) is 5.69 Å². The first-order valence-electron chi connectivity index (χ1n) is 15.8. The van der Waals surface area contributed by atoms with E-state index in [-0.39, 0.29) is 50.9 Å². The number of hydrogen-bond donors (Lipinski definition) is 2. The molecule has 4 amide bonds. The Bertz CT molecular complexity index is 1500. The molecule has 16 heteroatoms. The number of carboxylic acid groups (broad SMARTS) is 1. The fourth-order valence-corrected chi connectivity index (χ4v) is 5.40. The van der Waals surface area contributed by atoms with Gasteiger partial charge >= 0.3 is 18.0 Å². The number of para-hydroxylation sites is 1. The van der Waals surface area contributed by atoms with Crippen molar-refractivity contribution in [3.05, 3.63) is 42.1 Å². The van der Waals surface area contributed by atoms with Gasteiger partial charge in [-0.3, -0.25) is 19.2 Å². The lowest BCUT2D eigenvalue weighted by molar-refractivity contribution is -0.157. The largest absolute Gasteiger partial charge is 0.480 e. The van der Waals surface area contributed by atoms with Gasteiger partial charge in [-0.1, -0.05) is 18.2 Å². The third-order valence-corrected chi connectivity index (χ3v) is 7.62. The molecule has 1 aromatic heterocycles. The molecule has 2 aliphatic heterocycles. The van der Waals surface area contributed by atoms with Crippen molar-refractivity contribution in [2.75, 3.05) is 45.9 Å². The van der Waals surface area contributed by atoms with Gasteiger partial charge in [-0.05, 0) is 52.7 Å². The predicted octanol–water partition coefficient (Wildman–Crippen LogP) is 1.46. The molecule has 16 nitrogen and oxygen atoms in total. The Kier molecular flexibility index (Phi) is 11.6. The molecule has 2 fully saturated rings. The summed E-state index contributed by atoms with van der Waals surface area (Å²) in [7, 11) is 0. The lowest BCUT2D eigenvalue weighted by atomic mass is 10.1. The summed E-state index contributed by atoms with van der Waals surface area (Å²) < 4.78 is 17.6. The third-order valence-electron chi connectivity index (χ3n) is 7.62. The van der Waals surface area contributed by atoms with Crippen molar-refractivity contribution in [2.45, 2.75) is 64.6 Å².